The Bertz CT molecular complexity index is 993. The van der Waals surface area contributed by atoms with Crippen molar-refractivity contribution < 1.29 is 24.3 Å². The largest absolute Gasteiger partial charge is 0.872 e. The molecule has 0 spiro atoms. The van der Waals surface area contributed by atoms with Crippen molar-refractivity contribution in [3.8, 4) is 5.75 Å². The summed E-state index contributed by atoms with van der Waals surface area (Å²) in [6.45, 7) is 9.61. The summed E-state index contributed by atoms with van der Waals surface area (Å²) in [5.74, 6) is -1.21. The number of carbonyl (C=O) groups is 2. The van der Waals surface area contributed by atoms with E-state index < -0.39 is 23.5 Å². The fourth-order valence-electron chi connectivity index (χ4n) is 4.22. The zero-order valence-corrected chi connectivity index (χ0v) is 19.3. The van der Waals surface area contributed by atoms with Gasteiger partial charge < -0.3 is 19.6 Å². The topological polar surface area (TPSA) is 74.1 Å². The van der Waals surface area contributed by atoms with Crippen molar-refractivity contribution in [2.24, 2.45) is 0 Å². The van der Waals surface area contributed by atoms with Gasteiger partial charge in [0.25, 0.3) is 5.91 Å². The third-order valence-electron chi connectivity index (χ3n) is 6.18. The van der Waals surface area contributed by atoms with Crippen LogP contribution in [0.4, 0.5) is 0 Å². The van der Waals surface area contributed by atoms with E-state index in [9.17, 15) is 14.7 Å². The van der Waals surface area contributed by atoms with Gasteiger partial charge in [-0.05, 0) is 44.0 Å². The number of rotatable bonds is 9. The van der Waals surface area contributed by atoms with Gasteiger partial charge >= 0.3 is 0 Å². The van der Waals surface area contributed by atoms with E-state index in [1.807, 2.05) is 31.2 Å². The molecule has 0 saturated carbocycles. The Balaban J connectivity index is 2.03. The number of hydrogen-bond acceptors (Lipinski definition) is 4. The molecule has 1 amide bonds. The van der Waals surface area contributed by atoms with Gasteiger partial charge in [-0.1, -0.05) is 47.7 Å². The van der Waals surface area contributed by atoms with Gasteiger partial charge in [0.05, 0.1) is 32.8 Å². The SMILES string of the molecule is CC[NH+](CC)CCCN1C(=O)C(=O)/C(=C(/[O-])c2cccc(OC)c2)C1c1ccc(C)cc1. The maximum Gasteiger partial charge on any atom is 0.295 e. The van der Waals surface area contributed by atoms with E-state index in [4.69, 9.17) is 4.74 Å². The molecule has 1 atom stereocenters. The highest BCUT2D eigenvalue weighted by Crippen LogP contribution is 2.39. The van der Waals surface area contributed by atoms with Crippen LogP contribution in [0.15, 0.2) is 54.1 Å². The number of likely N-dealkylation sites (tertiary alicyclic amines) is 1. The van der Waals surface area contributed by atoms with E-state index in [2.05, 4.69) is 13.8 Å². The predicted octanol–water partition coefficient (Wildman–Crippen LogP) is 1.54. The Morgan fingerprint density at radius 1 is 1.09 bits per heavy atom. The van der Waals surface area contributed by atoms with E-state index in [-0.39, 0.29) is 5.57 Å². The lowest BCUT2D eigenvalue weighted by molar-refractivity contribution is -0.896. The molecule has 1 fully saturated rings. The number of nitrogens with zero attached hydrogens (tertiary/aromatic N) is 1. The lowest BCUT2D eigenvalue weighted by Gasteiger charge is -2.28. The van der Waals surface area contributed by atoms with E-state index in [0.717, 1.165) is 37.2 Å². The number of ketones is 1. The standard InChI is InChI=1S/C26H32N2O4/c1-5-27(6-2)15-8-16-28-23(19-13-11-18(3)12-14-19)22(25(30)26(28)31)24(29)20-9-7-10-21(17-20)32-4/h7,9-14,17,23,29H,5-6,8,15-16H2,1-4H3/b24-22+. The second-order valence-corrected chi connectivity index (χ2v) is 8.18. The second-order valence-electron chi connectivity index (χ2n) is 8.18. The molecule has 6 heteroatoms. The molecule has 3 rings (SSSR count). The summed E-state index contributed by atoms with van der Waals surface area (Å²) in [7, 11) is 1.52. The Morgan fingerprint density at radius 2 is 1.78 bits per heavy atom. The number of amides is 1. The number of Topliss-reactive ketones (excluding diaryl/α,β-unsaturated/α-hetero) is 1. The molecule has 1 unspecified atom stereocenters. The van der Waals surface area contributed by atoms with Gasteiger partial charge in [0, 0.05) is 18.5 Å². The molecule has 2 aromatic carbocycles. The molecule has 0 aliphatic carbocycles. The minimum atomic E-state index is -0.710. The zero-order valence-electron chi connectivity index (χ0n) is 19.3. The highest BCUT2D eigenvalue weighted by atomic mass is 16.5. The minimum absolute atomic E-state index is 0.0160. The van der Waals surface area contributed by atoms with Gasteiger partial charge in [0.15, 0.2) is 0 Å². The average Bonchev–Trinajstić information content (AvgIpc) is 3.07. The molecule has 1 heterocycles. The summed E-state index contributed by atoms with van der Waals surface area (Å²) in [5.41, 5.74) is 2.20. The number of quaternary nitrogens is 1. The van der Waals surface area contributed by atoms with Gasteiger partial charge in [-0.15, -0.1) is 0 Å². The second kappa shape index (κ2) is 10.5. The van der Waals surface area contributed by atoms with Crippen molar-refractivity contribution in [1.29, 1.82) is 0 Å². The summed E-state index contributed by atoms with van der Waals surface area (Å²) in [6.07, 6.45) is 0.763. The van der Waals surface area contributed by atoms with Crippen molar-refractivity contribution in [1.82, 2.24) is 4.90 Å². The predicted molar refractivity (Wildman–Crippen MR) is 122 cm³/mol. The highest BCUT2D eigenvalue weighted by Gasteiger charge is 2.43. The first-order valence-corrected chi connectivity index (χ1v) is 11.2. The summed E-state index contributed by atoms with van der Waals surface area (Å²) >= 11 is 0. The van der Waals surface area contributed by atoms with Gasteiger partial charge in [-0.25, -0.2) is 0 Å². The van der Waals surface area contributed by atoms with Crippen LogP contribution in [-0.4, -0.2) is 49.9 Å². The molecule has 1 N–H and O–H groups in total. The van der Waals surface area contributed by atoms with Crippen molar-refractivity contribution in [3.63, 3.8) is 0 Å². The molecule has 2 aromatic rings. The van der Waals surface area contributed by atoms with E-state index >= 15 is 0 Å². The van der Waals surface area contributed by atoms with Gasteiger partial charge in [-0.2, -0.15) is 0 Å². The van der Waals surface area contributed by atoms with Crippen LogP contribution in [0.5, 0.6) is 5.75 Å². The molecule has 6 nitrogen and oxygen atoms in total. The third kappa shape index (κ3) is 4.86. The van der Waals surface area contributed by atoms with Crippen LogP contribution in [-0.2, 0) is 9.59 Å². The number of hydrogen-bond donors (Lipinski definition) is 1. The minimum Gasteiger partial charge on any atom is -0.872 e. The van der Waals surface area contributed by atoms with Crippen LogP contribution in [0.3, 0.4) is 0 Å². The fourth-order valence-corrected chi connectivity index (χ4v) is 4.22. The Kier molecular flexibility index (Phi) is 7.70. The van der Waals surface area contributed by atoms with E-state index in [0.29, 0.717) is 17.9 Å². The van der Waals surface area contributed by atoms with Crippen LogP contribution in [0.1, 0.15) is 43.0 Å². The normalized spacial score (nSPS) is 17.9. The van der Waals surface area contributed by atoms with E-state index in [1.54, 1.807) is 29.2 Å². The molecule has 1 aliphatic heterocycles. The molecule has 1 saturated heterocycles. The lowest BCUT2D eigenvalue weighted by Crippen LogP contribution is -3.11. The Morgan fingerprint density at radius 3 is 2.41 bits per heavy atom. The molecule has 1 aliphatic rings. The maximum absolute atomic E-state index is 13.4. The van der Waals surface area contributed by atoms with Crippen LogP contribution >= 0.6 is 0 Å². The van der Waals surface area contributed by atoms with Crippen molar-refractivity contribution in [2.75, 3.05) is 33.3 Å². The highest BCUT2D eigenvalue weighted by molar-refractivity contribution is 6.46. The first kappa shape index (κ1) is 23.5. The van der Waals surface area contributed by atoms with E-state index in [1.165, 1.54) is 12.0 Å². The number of aryl methyl sites for hydroxylation is 1. The van der Waals surface area contributed by atoms with Crippen LogP contribution in [0, 0.1) is 6.92 Å². The molecular weight excluding hydrogens is 404 g/mol. The molecule has 170 valence electrons. The molecule has 32 heavy (non-hydrogen) atoms. The summed E-state index contributed by atoms with van der Waals surface area (Å²) in [5, 5.41) is 13.4. The van der Waals surface area contributed by atoms with Crippen LogP contribution in [0.25, 0.3) is 5.76 Å². The number of benzene rings is 2. The number of nitrogens with one attached hydrogen (secondary N) is 1. The molecule has 0 bridgehead atoms. The first-order valence-electron chi connectivity index (χ1n) is 11.2. The number of carbonyl (C=O) groups excluding carboxylic acids is 2. The van der Waals surface area contributed by atoms with Crippen molar-refractivity contribution in [3.05, 3.63) is 70.8 Å². The van der Waals surface area contributed by atoms with Crippen molar-refractivity contribution in [2.45, 2.75) is 33.2 Å². The molecule has 0 radical (unpaired) electrons. The van der Waals surface area contributed by atoms with Crippen LogP contribution in [0.2, 0.25) is 0 Å². The average molecular weight is 437 g/mol. The van der Waals surface area contributed by atoms with Gasteiger partial charge in [0.2, 0.25) is 5.78 Å². The van der Waals surface area contributed by atoms with Crippen LogP contribution < -0.4 is 14.7 Å². The van der Waals surface area contributed by atoms with Gasteiger partial charge in [-0.3, -0.25) is 9.59 Å². The monoisotopic (exact) mass is 436 g/mol. The van der Waals surface area contributed by atoms with Crippen molar-refractivity contribution >= 4 is 17.4 Å². The summed E-state index contributed by atoms with van der Waals surface area (Å²) < 4.78 is 5.23. The third-order valence-corrected chi connectivity index (χ3v) is 6.18. The number of methoxy groups -OCH3 is 1. The molecule has 0 aromatic heterocycles. The quantitative estimate of drug-likeness (QED) is 0.368. The summed E-state index contributed by atoms with van der Waals surface area (Å²) in [6, 6.07) is 13.7. The smallest absolute Gasteiger partial charge is 0.295 e. The lowest BCUT2D eigenvalue weighted by atomic mass is 9.94. The fraction of sp³-hybridized carbons (Fsp3) is 0.385. The zero-order chi connectivity index (χ0) is 23.3. The Labute approximate surface area is 190 Å². The maximum atomic E-state index is 13.4. The molecular formula is C26H32N2O4. The van der Waals surface area contributed by atoms with Gasteiger partial charge in [0.1, 0.15) is 5.75 Å². The number of ether oxygens (including phenoxy) is 1. The Hall–Kier alpha value is -3.12. The summed E-state index contributed by atoms with van der Waals surface area (Å²) in [4.78, 5) is 29.1. The first-order chi connectivity index (χ1) is 15.4.